The van der Waals surface area contributed by atoms with Gasteiger partial charge in [-0.1, -0.05) is 18.2 Å². The summed E-state index contributed by atoms with van der Waals surface area (Å²) < 4.78 is 5.31. The molecule has 1 aromatic rings. The van der Waals surface area contributed by atoms with Gasteiger partial charge < -0.3 is 15.6 Å². The van der Waals surface area contributed by atoms with Crippen molar-refractivity contribution < 1.29 is 9.84 Å². The van der Waals surface area contributed by atoms with E-state index in [1.165, 1.54) is 5.56 Å². The highest BCUT2D eigenvalue weighted by Crippen LogP contribution is 2.59. The maximum absolute atomic E-state index is 9.33. The van der Waals surface area contributed by atoms with Crippen molar-refractivity contribution in [2.75, 3.05) is 20.3 Å². The van der Waals surface area contributed by atoms with E-state index in [0.29, 0.717) is 12.5 Å². The molecule has 1 saturated carbocycles. The van der Waals surface area contributed by atoms with Gasteiger partial charge >= 0.3 is 0 Å². The van der Waals surface area contributed by atoms with Crippen LogP contribution in [0.2, 0.25) is 0 Å². The third-order valence-electron chi connectivity index (χ3n) is 3.43. The molecule has 0 heterocycles. The number of benzene rings is 1. The van der Waals surface area contributed by atoms with Crippen molar-refractivity contribution in [3.8, 4) is 5.75 Å². The molecule has 82 valence electrons. The van der Waals surface area contributed by atoms with Crippen LogP contribution < -0.4 is 10.5 Å². The van der Waals surface area contributed by atoms with Gasteiger partial charge in [0, 0.05) is 12.0 Å². The van der Waals surface area contributed by atoms with Gasteiger partial charge in [0.25, 0.3) is 0 Å². The number of para-hydroxylation sites is 1. The summed E-state index contributed by atoms with van der Waals surface area (Å²) in [6.07, 6.45) is 0.959. The Hall–Kier alpha value is -1.06. The summed E-state index contributed by atoms with van der Waals surface area (Å²) in [5.74, 6) is 1.25. The van der Waals surface area contributed by atoms with Crippen molar-refractivity contribution >= 4 is 0 Å². The second-order valence-electron chi connectivity index (χ2n) is 4.22. The first-order valence-electron chi connectivity index (χ1n) is 5.21. The monoisotopic (exact) mass is 207 g/mol. The van der Waals surface area contributed by atoms with Crippen molar-refractivity contribution in [3.05, 3.63) is 29.8 Å². The summed E-state index contributed by atoms with van der Waals surface area (Å²) in [7, 11) is 1.67. The molecule has 2 atom stereocenters. The van der Waals surface area contributed by atoms with Crippen LogP contribution in [0.15, 0.2) is 24.3 Å². The molecule has 1 fully saturated rings. The molecular formula is C12H17NO2. The van der Waals surface area contributed by atoms with Crippen molar-refractivity contribution in [3.63, 3.8) is 0 Å². The van der Waals surface area contributed by atoms with Crippen LogP contribution in [-0.2, 0) is 0 Å². The first-order chi connectivity index (χ1) is 7.27. The zero-order chi connectivity index (χ0) is 10.9. The van der Waals surface area contributed by atoms with Gasteiger partial charge in [-0.05, 0) is 24.0 Å². The molecule has 1 aliphatic rings. The first kappa shape index (κ1) is 10.5. The number of hydrogen-bond donors (Lipinski definition) is 2. The molecule has 0 aromatic heterocycles. The van der Waals surface area contributed by atoms with Crippen molar-refractivity contribution in [1.29, 1.82) is 0 Å². The normalized spacial score (nSPS) is 28.9. The number of nitrogens with two attached hydrogens (primary N) is 1. The second kappa shape index (κ2) is 3.83. The van der Waals surface area contributed by atoms with Crippen LogP contribution in [0.25, 0.3) is 0 Å². The van der Waals surface area contributed by atoms with E-state index in [0.717, 1.165) is 12.2 Å². The van der Waals surface area contributed by atoms with Crippen LogP contribution in [0, 0.1) is 5.41 Å². The highest BCUT2D eigenvalue weighted by Gasteiger charge is 2.54. The van der Waals surface area contributed by atoms with Gasteiger partial charge in [0.1, 0.15) is 5.75 Å². The molecule has 0 radical (unpaired) electrons. The minimum atomic E-state index is -0.103. The Balaban J connectivity index is 2.25. The summed E-state index contributed by atoms with van der Waals surface area (Å²) in [6, 6.07) is 7.95. The minimum Gasteiger partial charge on any atom is -0.496 e. The van der Waals surface area contributed by atoms with E-state index < -0.39 is 0 Å². The summed E-state index contributed by atoms with van der Waals surface area (Å²) in [5, 5.41) is 9.33. The van der Waals surface area contributed by atoms with Gasteiger partial charge in [-0.15, -0.1) is 0 Å². The molecule has 0 spiro atoms. The molecule has 2 rings (SSSR count). The molecule has 0 bridgehead atoms. The van der Waals surface area contributed by atoms with E-state index >= 15 is 0 Å². The van der Waals surface area contributed by atoms with Gasteiger partial charge in [-0.2, -0.15) is 0 Å². The van der Waals surface area contributed by atoms with Gasteiger partial charge in [-0.25, -0.2) is 0 Å². The molecule has 3 heteroatoms. The van der Waals surface area contributed by atoms with E-state index in [2.05, 4.69) is 6.07 Å². The largest absolute Gasteiger partial charge is 0.496 e. The Bertz CT molecular complexity index is 347. The van der Waals surface area contributed by atoms with Crippen molar-refractivity contribution in [1.82, 2.24) is 0 Å². The van der Waals surface area contributed by atoms with Gasteiger partial charge in [0.15, 0.2) is 0 Å². The fourth-order valence-corrected chi connectivity index (χ4v) is 2.21. The second-order valence-corrected chi connectivity index (χ2v) is 4.22. The highest BCUT2D eigenvalue weighted by atomic mass is 16.5. The molecule has 0 saturated heterocycles. The molecule has 0 aliphatic heterocycles. The number of ether oxygens (including phenoxy) is 1. The van der Waals surface area contributed by atoms with E-state index in [1.54, 1.807) is 7.11 Å². The molecule has 0 unspecified atom stereocenters. The van der Waals surface area contributed by atoms with E-state index in [1.807, 2.05) is 18.2 Å². The van der Waals surface area contributed by atoms with Gasteiger partial charge in [0.2, 0.25) is 0 Å². The Kier molecular flexibility index (Phi) is 2.67. The zero-order valence-electron chi connectivity index (χ0n) is 8.94. The van der Waals surface area contributed by atoms with Crippen LogP contribution in [0.3, 0.4) is 0 Å². The van der Waals surface area contributed by atoms with Crippen molar-refractivity contribution in [2.45, 2.75) is 12.3 Å². The molecular weight excluding hydrogens is 190 g/mol. The third kappa shape index (κ3) is 1.62. The Labute approximate surface area is 89.9 Å². The highest BCUT2D eigenvalue weighted by molar-refractivity contribution is 5.41. The number of aliphatic hydroxyl groups excluding tert-OH is 1. The lowest BCUT2D eigenvalue weighted by atomic mass is 9.99. The number of rotatable bonds is 4. The van der Waals surface area contributed by atoms with E-state index in [4.69, 9.17) is 10.5 Å². The van der Waals surface area contributed by atoms with Gasteiger partial charge in [-0.3, -0.25) is 0 Å². The molecule has 15 heavy (non-hydrogen) atoms. The first-order valence-corrected chi connectivity index (χ1v) is 5.21. The van der Waals surface area contributed by atoms with Crippen molar-refractivity contribution in [2.24, 2.45) is 11.1 Å². The number of hydrogen-bond acceptors (Lipinski definition) is 3. The maximum Gasteiger partial charge on any atom is 0.122 e. The summed E-state index contributed by atoms with van der Waals surface area (Å²) in [5.41, 5.74) is 6.76. The molecule has 3 nitrogen and oxygen atoms in total. The predicted molar refractivity (Wildman–Crippen MR) is 58.9 cm³/mol. The lowest BCUT2D eigenvalue weighted by Crippen LogP contribution is -2.21. The Morgan fingerprint density at radius 2 is 2.27 bits per heavy atom. The zero-order valence-corrected chi connectivity index (χ0v) is 8.94. The molecule has 1 aliphatic carbocycles. The Morgan fingerprint density at radius 3 is 2.80 bits per heavy atom. The van der Waals surface area contributed by atoms with Crippen LogP contribution in [0.5, 0.6) is 5.75 Å². The maximum atomic E-state index is 9.33. The summed E-state index contributed by atoms with van der Waals surface area (Å²) in [4.78, 5) is 0. The third-order valence-corrected chi connectivity index (χ3v) is 3.43. The summed E-state index contributed by atoms with van der Waals surface area (Å²) in [6.45, 7) is 0.693. The topological polar surface area (TPSA) is 55.5 Å². The van der Waals surface area contributed by atoms with Crippen LogP contribution in [-0.4, -0.2) is 25.4 Å². The van der Waals surface area contributed by atoms with Crippen LogP contribution in [0.1, 0.15) is 17.9 Å². The average molecular weight is 207 g/mol. The smallest absolute Gasteiger partial charge is 0.122 e. The average Bonchev–Trinajstić information content (AvgIpc) is 3.04. The standard InChI is InChI=1S/C12H17NO2/c1-15-11-5-3-2-4-9(11)10-6-12(10,7-13)8-14/h2-5,10,14H,6-8,13H2,1H3/t10-,12+/m0/s1. The molecule has 1 aromatic carbocycles. The fourth-order valence-electron chi connectivity index (χ4n) is 2.21. The molecule has 3 N–H and O–H groups in total. The SMILES string of the molecule is COc1ccccc1[C@@H]1C[C@@]1(CN)CO. The number of aliphatic hydroxyl groups is 1. The Morgan fingerprint density at radius 1 is 1.53 bits per heavy atom. The molecule has 0 amide bonds. The lowest BCUT2D eigenvalue weighted by Gasteiger charge is -2.13. The fraction of sp³-hybridized carbons (Fsp3) is 0.500. The van der Waals surface area contributed by atoms with Crippen LogP contribution >= 0.6 is 0 Å². The quantitative estimate of drug-likeness (QED) is 0.778. The van der Waals surface area contributed by atoms with E-state index in [-0.39, 0.29) is 12.0 Å². The number of methoxy groups -OCH3 is 1. The minimum absolute atomic E-state index is 0.103. The predicted octanol–water partition coefficient (Wildman–Crippen LogP) is 1.12. The lowest BCUT2D eigenvalue weighted by molar-refractivity contribution is 0.211. The van der Waals surface area contributed by atoms with Gasteiger partial charge in [0.05, 0.1) is 13.7 Å². The van der Waals surface area contributed by atoms with Crippen LogP contribution in [0.4, 0.5) is 0 Å². The summed E-state index contributed by atoms with van der Waals surface area (Å²) >= 11 is 0. The van der Waals surface area contributed by atoms with E-state index in [9.17, 15) is 5.11 Å².